The number of nitrogen functional groups attached to an aromatic ring is 1. The number of hydrogen-bond acceptors (Lipinski definition) is 10. The summed E-state index contributed by atoms with van der Waals surface area (Å²) in [5.41, 5.74) is 5.64. The van der Waals surface area contributed by atoms with E-state index in [2.05, 4.69) is 15.5 Å². The van der Waals surface area contributed by atoms with Crippen LogP contribution < -0.4 is 11.1 Å². The fraction of sp³-hybridized carbons (Fsp3) is 0.438. The van der Waals surface area contributed by atoms with Gasteiger partial charge in [-0.05, 0) is 13.0 Å². The molecular formula is C16H19N5O6S2. The maximum atomic E-state index is 12.8. The van der Waals surface area contributed by atoms with Gasteiger partial charge < -0.3 is 25.7 Å². The summed E-state index contributed by atoms with van der Waals surface area (Å²) in [4.78, 5) is 46.8. The predicted molar refractivity (Wildman–Crippen MR) is 106 cm³/mol. The number of β-lactam (4-membered cyclic amide) rings is 1. The number of nitrogens with two attached hydrogens (primary N) is 1. The number of ether oxygens (including phenoxy) is 1. The molecule has 156 valence electrons. The summed E-state index contributed by atoms with van der Waals surface area (Å²) in [6.07, 6.45) is 1.47. The van der Waals surface area contributed by atoms with E-state index < -0.39 is 29.2 Å². The molecule has 13 heteroatoms. The predicted octanol–water partition coefficient (Wildman–Crippen LogP) is -0.149. The van der Waals surface area contributed by atoms with Crippen LogP contribution in [0, 0.1) is 0 Å². The first-order valence-corrected chi connectivity index (χ1v) is 10.5. The fourth-order valence-electron chi connectivity index (χ4n) is 2.70. The Morgan fingerprint density at radius 3 is 2.93 bits per heavy atom. The number of nitrogens with zero attached hydrogens (tertiary/aromatic N) is 3. The van der Waals surface area contributed by atoms with Crippen molar-refractivity contribution in [2.75, 3.05) is 31.3 Å². The molecule has 3 rings (SSSR count). The van der Waals surface area contributed by atoms with E-state index in [4.69, 9.17) is 15.3 Å². The third-order valence-corrected chi connectivity index (χ3v) is 5.87. The van der Waals surface area contributed by atoms with Crippen molar-refractivity contribution in [1.29, 1.82) is 0 Å². The van der Waals surface area contributed by atoms with Crippen LogP contribution in [-0.2, 0) is 24.0 Å². The van der Waals surface area contributed by atoms with Crippen LogP contribution in [0.5, 0.6) is 0 Å². The van der Waals surface area contributed by atoms with Gasteiger partial charge in [-0.2, -0.15) is 0 Å². The SMILES string of the molecule is CCOCCON=C(C(=O)NC1C(=O)N2C(C(=O)O)=CCS[C@H]12)c1csc(N)n1. The molecule has 1 fully saturated rings. The molecule has 1 saturated heterocycles. The lowest BCUT2D eigenvalue weighted by molar-refractivity contribution is -0.150. The number of aromatic nitrogens is 1. The first kappa shape index (κ1) is 21.1. The first-order chi connectivity index (χ1) is 13.9. The number of aliphatic carboxylic acids is 1. The van der Waals surface area contributed by atoms with Crippen LogP contribution in [0.25, 0.3) is 0 Å². The Bertz CT molecular complexity index is 870. The van der Waals surface area contributed by atoms with Gasteiger partial charge in [-0.15, -0.1) is 23.1 Å². The number of rotatable bonds is 9. The summed E-state index contributed by atoms with van der Waals surface area (Å²) in [5, 5.41) is 17.0. The van der Waals surface area contributed by atoms with E-state index in [1.165, 1.54) is 17.8 Å². The number of thiazole rings is 1. The topological polar surface area (TPSA) is 156 Å². The van der Waals surface area contributed by atoms with Crippen molar-refractivity contribution >= 4 is 51.7 Å². The third kappa shape index (κ3) is 4.52. The van der Waals surface area contributed by atoms with Gasteiger partial charge in [0.15, 0.2) is 10.8 Å². The van der Waals surface area contributed by atoms with Gasteiger partial charge in [0.1, 0.15) is 29.4 Å². The van der Waals surface area contributed by atoms with E-state index in [-0.39, 0.29) is 28.8 Å². The number of carboxylic acid groups (broad SMARTS) is 1. The van der Waals surface area contributed by atoms with Gasteiger partial charge in [0.05, 0.1) is 6.61 Å². The lowest BCUT2D eigenvalue weighted by Gasteiger charge is -2.48. The Morgan fingerprint density at radius 1 is 1.48 bits per heavy atom. The van der Waals surface area contributed by atoms with E-state index in [1.54, 1.807) is 5.38 Å². The van der Waals surface area contributed by atoms with Gasteiger partial charge >= 0.3 is 5.97 Å². The number of carboxylic acids is 1. The normalized spacial score (nSPS) is 21.1. The fourth-order valence-corrected chi connectivity index (χ4v) is 4.44. The zero-order valence-electron chi connectivity index (χ0n) is 15.4. The van der Waals surface area contributed by atoms with Crippen molar-refractivity contribution in [3.63, 3.8) is 0 Å². The smallest absolute Gasteiger partial charge is 0.352 e. The minimum atomic E-state index is -1.18. The lowest BCUT2D eigenvalue weighted by Crippen LogP contribution is -2.70. The molecule has 3 heterocycles. The largest absolute Gasteiger partial charge is 0.477 e. The van der Waals surface area contributed by atoms with Gasteiger partial charge in [0.2, 0.25) is 0 Å². The second-order valence-corrected chi connectivity index (χ2v) is 7.86. The average Bonchev–Trinajstić information content (AvgIpc) is 3.13. The molecule has 0 saturated carbocycles. The Labute approximate surface area is 173 Å². The first-order valence-electron chi connectivity index (χ1n) is 8.62. The molecular weight excluding hydrogens is 422 g/mol. The second-order valence-electron chi connectivity index (χ2n) is 5.82. The number of hydrogen-bond donors (Lipinski definition) is 3. The van der Waals surface area contributed by atoms with Crippen LogP contribution in [0.3, 0.4) is 0 Å². The number of fused-ring (bicyclic) bond motifs is 1. The standard InChI is InChI=1S/C16H19N5O6S2/c1-2-26-4-5-27-20-10(8-7-29-16(17)18-8)12(22)19-11-13(23)21-9(15(24)25)3-6-28-14(11)21/h3,7,11,14H,2,4-6H2,1H3,(H2,17,18)(H,19,22)(H,24,25)/t11?,14-/m1/s1. The highest BCUT2D eigenvalue weighted by atomic mass is 32.2. The summed E-state index contributed by atoms with van der Waals surface area (Å²) in [5.74, 6) is -1.93. The average molecular weight is 441 g/mol. The van der Waals surface area contributed by atoms with Crippen LogP contribution in [0.4, 0.5) is 5.13 Å². The summed E-state index contributed by atoms with van der Waals surface area (Å²) in [7, 11) is 0. The Balaban J connectivity index is 1.70. The molecule has 2 atom stereocenters. The van der Waals surface area contributed by atoms with Gasteiger partial charge in [-0.3, -0.25) is 14.5 Å². The zero-order valence-corrected chi connectivity index (χ0v) is 17.0. The Hall–Kier alpha value is -2.64. The molecule has 1 aromatic rings. The summed E-state index contributed by atoms with van der Waals surface area (Å²) in [6, 6.07) is -0.875. The molecule has 2 aliphatic rings. The molecule has 4 N–H and O–H groups in total. The van der Waals surface area contributed by atoms with Crippen LogP contribution in [-0.4, -0.2) is 75.5 Å². The van der Waals surface area contributed by atoms with Crippen molar-refractivity contribution in [2.45, 2.75) is 18.3 Å². The number of thioether (sulfide) groups is 1. The van der Waals surface area contributed by atoms with E-state index in [0.29, 0.717) is 19.0 Å². The van der Waals surface area contributed by atoms with Crippen molar-refractivity contribution in [1.82, 2.24) is 15.2 Å². The number of carbonyl (C=O) groups is 3. The zero-order chi connectivity index (χ0) is 21.0. The van der Waals surface area contributed by atoms with Crippen LogP contribution in [0.2, 0.25) is 0 Å². The third-order valence-electron chi connectivity index (χ3n) is 4.01. The highest BCUT2D eigenvalue weighted by Crippen LogP contribution is 2.37. The number of nitrogens with one attached hydrogen (secondary N) is 1. The lowest BCUT2D eigenvalue weighted by atomic mass is 10.0. The van der Waals surface area contributed by atoms with Gasteiger partial charge in [0.25, 0.3) is 11.8 Å². The van der Waals surface area contributed by atoms with Gasteiger partial charge in [-0.1, -0.05) is 5.16 Å². The minimum Gasteiger partial charge on any atom is -0.477 e. The monoisotopic (exact) mass is 441 g/mol. The van der Waals surface area contributed by atoms with E-state index >= 15 is 0 Å². The van der Waals surface area contributed by atoms with Crippen molar-refractivity contribution in [3.8, 4) is 0 Å². The highest BCUT2D eigenvalue weighted by Gasteiger charge is 2.53. The number of amides is 2. The maximum Gasteiger partial charge on any atom is 0.352 e. The number of oxime groups is 1. The van der Waals surface area contributed by atoms with Crippen LogP contribution in [0.15, 0.2) is 22.3 Å². The molecule has 0 aromatic carbocycles. The van der Waals surface area contributed by atoms with Crippen molar-refractivity contribution in [3.05, 3.63) is 22.8 Å². The molecule has 0 aliphatic carbocycles. The summed E-state index contributed by atoms with van der Waals surface area (Å²) in [6.45, 7) is 2.79. The highest BCUT2D eigenvalue weighted by molar-refractivity contribution is 8.00. The Morgan fingerprint density at radius 2 is 2.28 bits per heavy atom. The summed E-state index contributed by atoms with van der Waals surface area (Å²) < 4.78 is 5.14. The van der Waals surface area contributed by atoms with E-state index in [0.717, 1.165) is 16.2 Å². The minimum absolute atomic E-state index is 0.0790. The second kappa shape index (κ2) is 9.24. The Kier molecular flexibility index (Phi) is 6.71. The van der Waals surface area contributed by atoms with Crippen LogP contribution in [0.1, 0.15) is 12.6 Å². The van der Waals surface area contributed by atoms with Gasteiger partial charge in [-0.25, -0.2) is 9.78 Å². The maximum absolute atomic E-state index is 12.8. The van der Waals surface area contributed by atoms with Crippen molar-refractivity contribution < 1.29 is 29.1 Å². The summed E-state index contributed by atoms with van der Waals surface area (Å²) >= 11 is 2.49. The number of anilines is 1. The van der Waals surface area contributed by atoms with Crippen molar-refractivity contribution in [2.24, 2.45) is 5.16 Å². The van der Waals surface area contributed by atoms with Gasteiger partial charge in [0, 0.05) is 17.7 Å². The molecule has 29 heavy (non-hydrogen) atoms. The molecule has 2 amide bonds. The molecule has 1 aromatic heterocycles. The van der Waals surface area contributed by atoms with E-state index in [1.807, 2.05) is 6.92 Å². The van der Waals surface area contributed by atoms with Crippen LogP contribution >= 0.6 is 23.1 Å². The number of carbonyl (C=O) groups excluding carboxylic acids is 2. The molecule has 0 radical (unpaired) electrons. The quantitative estimate of drug-likeness (QED) is 0.205. The molecule has 0 bridgehead atoms. The van der Waals surface area contributed by atoms with E-state index in [9.17, 15) is 19.5 Å². The molecule has 0 spiro atoms. The molecule has 2 aliphatic heterocycles. The molecule has 11 nitrogen and oxygen atoms in total. The molecule has 1 unspecified atom stereocenters.